The molecule has 0 aliphatic carbocycles. The van der Waals surface area contributed by atoms with Crippen LogP contribution in [-0.2, 0) is 25.7 Å². The topological polar surface area (TPSA) is 61.8 Å². The van der Waals surface area contributed by atoms with Crippen molar-refractivity contribution < 1.29 is 28.2 Å². The number of methoxy groups -OCH3 is 2. The second kappa shape index (κ2) is 9.66. The van der Waals surface area contributed by atoms with E-state index in [0.717, 1.165) is 0 Å². The lowest BCUT2D eigenvalue weighted by Gasteiger charge is -2.12. The second-order valence-electron chi connectivity index (χ2n) is 5.23. The van der Waals surface area contributed by atoms with Crippen LogP contribution in [0.1, 0.15) is 11.1 Å². The molecule has 2 rings (SSSR count). The number of halogens is 3. The van der Waals surface area contributed by atoms with Gasteiger partial charge in [0.25, 0.3) is 0 Å². The third-order valence-corrected chi connectivity index (χ3v) is 4.65. The van der Waals surface area contributed by atoms with Crippen LogP contribution >= 0.6 is 31.9 Å². The van der Waals surface area contributed by atoms with Crippen molar-refractivity contribution in [2.75, 3.05) is 14.2 Å². The Morgan fingerprint density at radius 2 is 1.59 bits per heavy atom. The SMILES string of the molecule is COC(=O)C(=Cc1cc(Br)c(OCc2ccccc2F)c(Br)c1)C(=O)OC. The van der Waals surface area contributed by atoms with Gasteiger partial charge in [-0.15, -0.1) is 0 Å². The fraction of sp³-hybridized carbons (Fsp3) is 0.158. The predicted octanol–water partition coefficient (Wildman–Crippen LogP) is 4.66. The van der Waals surface area contributed by atoms with Gasteiger partial charge in [0.1, 0.15) is 23.7 Å². The summed E-state index contributed by atoms with van der Waals surface area (Å²) in [7, 11) is 2.34. The molecular weight excluding hydrogens is 487 g/mol. The number of rotatable bonds is 6. The molecule has 2 aromatic rings. The summed E-state index contributed by atoms with van der Waals surface area (Å²) in [5, 5.41) is 0. The van der Waals surface area contributed by atoms with Crippen molar-refractivity contribution in [2.24, 2.45) is 0 Å². The number of benzene rings is 2. The van der Waals surface area contributed by atoms with Crippen LogP contribution in [0.4, 0.5) is 4.39 Å². The third-order valence-electron chi connectivity index (χ3n) is 3.47. The van der Waals surface area contributed by atoms with Crippen molar-refractivity contribution >= 4 is 49.9 Å². The molecule has 0 bridgehead atoms. The number of carbonyl (C=O) groups excluding carboxylic acids is 2. The first-order chi connectivity index (χ1) is 12.9. The van der Waals surface area contributed by atoms with E-state index in [1.807, 2.05) is 0 Å². The van der Waals surface area contributed by atoms with Crippen molar-refractivity contribution in [1.82, 2.24) is 0 Å². The minimum absolute atomic E-state index is 0.0363. The summed E-state index contributed by atoms with van der Waals surface area (Å²) < 4.78 is 29.7. The van der Waals surface area contributed by atoms with Crippen molar-refractivity contribution in [3.8, 4) is 5.75 Å². The monoisotopic (exact) mass is 500 g/mol. The molecule has 0 unspecified atom stereocenters. The van der Waals surface area contributed by atoms with Crippen LogP contribution in [0.2, 0.25) is 0 Å². The number of hydrogen-bond acceptors (Lipinski definition) is 5. The van der Waals surface area contributed by atoms with Gasteiger partial charge in [0.05, 0.1) is 23.2 Å². The molecule has 0 aliphatic rings. The largest absolute Gasteiger partial charge is 0.486 e. The summed E-state index contributed by atoms with van der Waals surface area (Å²) in [6.45, 7) is 0.0363. The van der Waals surface area contributed by atoms with Gasteiger partial charge in [-0.3, -0.25) is 0 Å². The van der Waals surface area contributed by atoms with Crippen LogP contribution in [0.3, 0.4) is 0 Å². The Labute approximate surface area is 172 Å². The molecule has 0 saturated heterocycles. The Balaban J connectivity index is 2.30. The maximum Gasteiger partial charge on any atom is 0.345 e. The molecule has 0 N–H and O–H groups in total. The van der Waals surface area contributed by atoms with E-state index in [1.165, 1.54) is 26.4 Å². The Hall–Kier alpha value is -2.19. The van der Waals surface area contributed by atoms with Crippen molar-refractivity contribution in [3.63, 3.8) is 0 Å². The first-order valence-electron chi connectivity index (χ1n) is 7.61. The van der Waals surface area contributed by atoms with Crippen LogP contribution < -0.4 is 4.74 Å². The van der Waals surface area contributed by atoms with Gasteiger partial charge >= 0.3 is 11.9 Å². The summed E-state index contributed by atoms with van der Waals surface area (Å²) in [4.78, 5) is 23.5. The van der Waals surface area contributed by atoms with E-state index in [0.29, 0.717) is 25.8 Å². The molecule has 0 fully saturated rings. The van der Waals surface area contributed by atoms with Gasteiger partial charge in [-0.25, -0.2) is 14.0 Å². The van der Waals surface area contributed by atoms with Crippen molar-refractivity contribution in [3.05, 3.63) is 67.9 Å². The van der Waals surface area contributed by atoms with E-state index in [4.69, 9.17) is 4.74 Å². The van der Waals surface area contributed by atoms with Gasteiger partial charge in [0, 0.05) is 5.56 Å². The maximum atomic E-state index is 13.7. The molecule has 0 amide bonds. The molecule has 0 heterocycles. The van der Waals surface area contributed by atoms with Gasteiger partial charge < -0.3 is 14.2 Å². The van der Waals surface area contributed by atoms with Gasteiger partial charge in [0.15, 0.2) is 0 Å². The van der Waals surface area contributed by atoms with E-state index < -0.39 is 11.9 Å². The summed E-state index contributed by atoms with van der Waals surface area (Å²) in [5.74, 6) is -1.53. The van der Waals surface area contributed by atoms with E-state index in [-0.39, 0.29) is 18.0 Å². The first kappa shape index (κ1) is 21.1. The zero-order chi connectivity index (χ0) is 20.0. The lowest BCUT2D eigenvalue weighted by Crippen LogP contribution is -2.15. The van der Waals surface area contributed by atoms with Crippen LogP contribution in [0.25, 0.3) is 6.08 Å². The van der Waals surface area contributed by atoms with Crippen molar-refractivity contribution in [2.45, 2.75) is 6.61 Å². The lowest BCUT2D eigenvalue weighted by atomic mass is 10.1. The molecule has 0 atom stereocenters. The Morgan fingerprint density at radius 3 is 2.11 bits per heavy atom. The zero-order valence-electron chi connectivity index (χ0n) is 14.4. The molecule has 27 heavy (non-hydrogen) atoms. The average molecular weight is 502 g/mol. The molecule has 0 aromatic heterocycles. The van der Waals surface area contributed by atoms with Crippen molar-refractivity contribution in [1.29, 1.82) is 0 Å². The van der Waals surface area contributed by atoms with E-state index in [9.17, 15) is 14.0 Å². The average Bonchev–Trinajstić information content (AvgIpc) is 2.65. The first-order valence-corrected chi connectivity index (χ1v) is 9.19. The third kappa shape index (κ3) is 5.40. The number of hydrogen-bond donors (Lipinski definition) is 0. The number of carbonyl (C=O) groups is 2. The molecule has 0 saturated carbocycles. The molecule has 0 radical (unpaired) electrons. The quantitative estimate of drug-likeness (QED) is 0.249. The lowest BCUT2D eigenvalue weighted by molar-refractivity contribution is -0.143. The molecule has 142 valence electrons. The van der Waals surface area contributed by atoms with E-state index in [2.05, 4.69) is 41.3 Å². The smallest absolute Gasteiger partial charge is 0.345 e. The minimum atomic E-state index is -0.811. The number of ether oxygens (including phenoxy) is 3. The van der Waals surface area contributed by atoms with Crippen LogP contribution in [0.5, 0.6) is 5.75 Å². The highest BCUT2D eigenvalue weighted by Gasteiger charge is 2.20. The van der Waals surface area contributed by atoms with E-state index in [1.54, 1.807) is 30.3 Å². The van der Waals surface area contributed by atoms with Gasteiger partial charge in [-0.05, 0) is 61.7 Å². The molecule has 5 nitrogen and oxygen atoms in total. The normalized spacial score (nSPS) is 10.1. The fourth-order valence-corrected chi connectivity index (χ4v) is 3.60. The minimum Gasteiger partial charge on any atom is -0.486 e. The Morgan fingerprint density at radius 1 is 1.04 bits per heavy atom. The predicted molar refractivity (Wildman–Crippen MR) is 105 cm³/mol. The zero-order valence-corrected chi connectivity index (χ0v) is 17.6. The maximum absolute atomic E-state index is 13.7. The number of esters is 2. The summed E-state index contributed by atoms with van der Waals surface area (Å²) in [5.41, 5.74) is 0.690. The van der Waals surface area contributed by atoms with Gasteiger partial charge in [-0.2, -0.15) is 0 Å². The van der Waals surface area contributed by atoms with Gasteiger partial charge in [0.2, 0.25) is 0 Å². The molecule has 0 spiro atoms. The summed E-state index contributed by atoms with van der Waals surface area (Å²) >= 11 is 6.76. The standard InChI is InChI=1S/C19H15Br2FO5/c1-25-18(23)13(19(24)26-2)7-11-8-14(20)17(15(21)9-11)27-10-12-5-3-4-6-16(12)22/h3-9H,10H2,1-2H3. The van der Waals surface area contributed by atoms with E-state index >= 15 is 0 Å². The summed E-state index contributed by atoms with van der Waals surface area (Å²) in [6, 6.07) is 9.61. The van der Waals surface area contributed by atoms with Gasteiger partial charge in [-0.1, -0.05) is 18.2 Å². The Kier molecular flexibility index (Phi) is 7.55. The molecule has 2 aromatic carbocycles. The van der Waals surface area contributed by atoms with Crippen LogP contribution in [0.15, 0.2) is 50.9 Å². The fourth-order valence-electron chi connectivity index (χ4n) is 2.15. The molecule has 8 heteroatoms. The second-order valence-corrected chi connectivity index (χ2v) is 6.94. The van der Waals surface area contributed by atoms with Crippen LogP contribution in [0, 0.1) is 5.82 Å². The highest BCUT2D eigenvalue weighted by Crippen LogP contribution is 2.36. The summed E-state index contributed by atoms with van der Waals surface area (Å²) in [6.07, 6.45) is 1.34. The van der Waals surface area contributed by atoms with Crippen LogP contribution in [-0.4, -0.2) is 26.2 Å². The Bertz CT molecular complexity index is 854. The molecule has 0 aliphatic heterocycles. The molecular formula is C19H15Br2FO5. The highest BCUT2D eigenvalue weighted by atomic mass is 79.9. The highest BCUT2D eigenvalue weighted by molar-refractivity contribution is 9.11.